The van der Waals surface area contributed by atoms with Crippen molar-refractivity contribution < 1.29 is 5.11 Å². The Balaban J connectivity index is 1.93. The van der Waals surface area contributed by atoms with Gasteiger partial charge in [-0.3, -0.25) is 4.68 Å². The van der Waals surface area contributed by atoms with E-state index in [0.29, 0.717) is 19.5 Å². The van der Waals surface area contributed by atoms with Gasteiger partial charge in [0, 0.05) is 18.8 Å². The second-order valence-electron chi connectivity index (χ2n) is 4.81. The average molecular weight is 274 g/mol. The molecule has 0 saturated carbocycles. The van der Waals surface area contributed by atoms with Crippen LogP contribution in [0.4, 0.5) is 5.69 Å². The molecule has 1 aromatic heterocycles. The molecule has 0 spiro atoms. The average Bonchev–Trinajstić information content (AvgIpc) is 2.92. The molecule has 0 saturated heterocycles. The van der Waals surface area contributed by atoms with E-state index < -0.39 is 0 Å². The number of aliphatic hydroxyl groups excluding tert-OH is 1. The zero-order chi connectivity index (χ0) is 14.2. The van der Waals surface area contributed by atoms with Crippen molar-refractivity contribution in [2.24, 2.45) is 0 Å². The molecule has 2 N–H and O–H groups in total. The van der Waals surface area contributed by atoms with Crippen molar-refractivity contribution in [1.29, 1.82) is 0 Å². The number of aryl methyl sites for hydroxylation is 2. The van der Waals surface area contributed by atoms with Crippen LogP contribution in [-0.4, -0.2) is 26.7 Å². The fourth-order valence-electron chi connectivity index (χ4n) is 2.13. The Morgan fingerprint density at radius 1 is 1.30 bits per heavy atom. The molecule has 5 nitrogen and oxygen atoms in total. The van der Waals surface area contributed by atoms with Crippen LogP contribution in [0.1, 0.15) is 31.0 Å². The first-order chi connectivity index (χ1) is 9.83. The van der Waals surface area contributed by atoms with E-state index in [9.17, 15) is 0 Å². The van der Waals surface area contributed by atoms with E-state index in [-0.39, 0.29) is 6.61 Å². The largest absolute Gasteiger partial charge is 0.396 e. The molecule has 0 amide bonds. The van der Waals surface area contributed by atoms with Gasteiger partial charge in [-0.1, -0.05) is 36.8 Å². The van der Waals surface area contributed by atoms with Crippen LogP contribution in [0.15, 0.2) is 30.5 Å². The molecule has 0 bridgehead atoms. The number of aromatic nitrogens is 3. The zero-order valence-corrected chi connectivity index (χ0v) is 11.9. The summed E-state index contributed by atoms with van der Waals surface area (Å²) in [4.78, 5) is 0. The molecule has 0 unspecified atom stereocenters. The molecule has 1 aromatic carbocycles. The molecule has 0 aliphatic carbocycles. The summed E-state index contributed by atoms with van der Waals surface area (Å²) in [5.74, 6) is 0. The molecule has 0 aliphatic rings. The fraction of sp³-hybridized carbons (Fsp3) is 0.467. The van der Waals surface area contributed by atoms with E-state index >= 15 is 0 Å². The Kier molecular flexibility index (Phi) is 5.55. The highest BCUT2D eigenvalue weighted by atomic mass is 16.3. The highest BCUT2D eigenvalue weighted by molar-refractivity contribution is 5.51. The number of hydrogen-bond donors (Lipinski definition) is 2. The third kappa shape index (κ3) is 4.06. The lowest BCUT2D eigenvalue weighted by Crippen LogP contribution is -2.03. The minimum Gasteiger partial charge on any atom is -0.396 e. The van der Waals surface area contributed by atoms with Crippen LogP contribution in [0.5, 0.6) is 0 Å². The summed E-state index contributed by atoms with van der Waals surface area (Å²) in [5.41, 5.74) is 3.41. The highest BCUT2D eigenvalue weighted by Crippen LogP contribution is 2.17. The number of aliphatic hydroxyl groups is 1. The summed E-state index contributed by atoms with van der Waals surface area (Å²) in [6, 6.07) is 8.37. The predicted octanol–water partition coefficient (Wildman–Crippen LogP) is 2.23. The van der Waals surface area contributed by atoms with E-state index in [4.69, 9.17) is 5.11 Å². The summed E-state index contributed by atoms with van der Waals surface area (Å²) in [5, 5.41) is 20.4. The third-order valence-corrected chi connectivity index (χ3v) is 3.13. The molecule has 0 fully saturated rings. The summed E-state index contributed by atoms with van der Waals surface area (Å²) in [6.45, 7) is 3.73. The summed E-state index contributed by atoms with van der Waals surface area (Å²) < 4.78 is 1.77. The molecule has 0 radical (unpaired) electrons. The highest BCUT2D eigenvalue weighted by Gasteiger charge is 2.03. The topological polar surface area (TPSA) is 63.0 Å². The summed E-state index contributed by atoms with van der Waals surface area (Å²) >= 11 is 0. The smallest absolute Gasteiger partial charge is 0.102 e. The lowest BCUT2D eigenvalue weighted by atomic mass is 10.1. The van der Waals surface area contributed by atoms with Gasteiger partial charge in [0.25, 0.3) is 0 Å². The van der Waals surface area contributed by atoms with Gasteiger partial charge in [-0.15, -0.1) is 5.10 Å². The Labute approximate surface area is 119 Å². The van der Waals surface area contributed by atoms with E-state index in [2.05, 4.69) is 40.8 Å². The molecule has 2 aromatic rings. The van der Waals surface area contributed by atoms with Crippen molar-refractivity contribution in [3.8, 4) is 0 Å². The van der Waals surface area contributed by atoms with Gasteiger partial charge < -0.3 is 10.4 Å². The first-order valence-electron chi connectivity index (χ1n) is 7.15. The molecule has 20 heavy (non-hydrogen) atoms. The van der Waals surface area contributed by atoms with E-state index in [1.165, 1.54) is 11.3 Å². The first-order valence-corrected chi connectivity index (χ1v) is 7.15. The number of hydrogen-bond acceptors (Lipinski definition) is 4. The minimum absolute atomic E-state index is 0.178. The maximum Gasteiger partial charge on any atom is 0.102 e. The quantitative estimate of drug-likeness (QED) is 0.775. The van der Waals surface area contributed by atoms with Crippen molar-refractivity contribution in [3.05, 3.63) is 41.7 Å². The normalized spacial score (nSPS) is 10.7. The minimum atomic E-state index is 0.178. The van der Waals surface area contributed by atoms with Gasteiger partial charge in [0.1, 0.15) is 5.69 Å². The van der Waals surface area contributed by atoms with Crippen LogP contribution in [0, 0.1) is 0 Å². The molecular weight excluding hydrogens is 252 g/mol. The number of nitrogens with one attached hydrogen (secondary N) is 1. The van der Waals surface area contributed by atoms with Crippen molar-refractivity contribution in [2.45, 2.75) is 39.3 Å². The Hall–Kier alpha value is -1.88. The second kappa shape index (κ2) is 7.65. The van der Waals surface area contributed by atoms with Gasteiger partial charge in [-0.25, -0.2) is 0 Å². The summed E-state index contributed by atoms with van der Waals surface area (Å²) in [7, 11) is 0. The van der Waals surface area contributed by atoms with Crippen LogP contribution in [-0.2, 0) is 19.5 Å². The molecule has 2 rings (SSSR count). The third-order valence-electron chi connectivity index (χ3n) is 3.13. The van der Waals surface area contributed by atoms with Gasteiger partial charge in [-0.2, -0.15) is 0 Å². The molecule has 1 heterocycles. The van der Waals surface area contributed by atoms with E-state index in [1.807, 2.05) is 12.3 Å². The second-order valence-corrected chi connectivity index (χ2v) is 4.81. The number of rotatable bonds is 8. The van der Waals surface area contributed by atoms with Crippen LogP contribution < -0.4 is 5.32 Å². The fourth-order valence-corrected chi connectivity index (χ4v) is 2.13. The number of benzene rings is 1. The maximum atomic E-state index is 8.79. The van der Waals surface area contributed by atoms with Gasteiger partial charge >= 0.3 is 0 Å². The SMILES string of the molecule is CCCc1ccccc1NCc1cn(CCCO)nn1. The summed E-state index contributed by atoms with van der Waals surface area (Å²) in [6.07, 6.45) is 4.84. The van der Waals surface area contributed by atoms with E-state index in [0.717, 1.165) is 18.5 Å². The molecule has 108 valence electrons. The Morgan fingerprint density at radius 3 is 2.95 bits per heavy atom. The van der Waals surface area contributed by atoms with Crippen LogP contribution >= 0.6 is 0 Å². The van der Waals surface area contributed by atoms with Crippen LogP contribution in [0.25, 0.3) is 0 Å². The number of para-hydroxylation sites is 1. The van der Waals surface area contributed by atoms with Crippen molar-refractivity contribution in [1.82, 2.24) is 15.0 Å². The van der Waals surface area contributed by atoms with Gasteiger partial charge in [-0.05, 0) is 24.5 Å². The van der Waals surface area contributed by atoms with E-state index in [1.54, 1.807) is 4.68 Å². The van der Waals surface area contributed by atoms with Crippen molar-refractivity contribution in [2.75, 3.05) is 11.9 Å². The standard InChI is InChI=1S/C15H22N4O/c1-2-6-13-7-3-4-8-15(13)16-11-14-12-19(18-17-14)9-5-10-20/h3-4,7-8,12,16,20H,2,5-6,9-11H2,1H3. The monoisotopic (exact) mass is 274 g/mol. The lowest BCUT2D eigenvalue weighted by molar-refractivity contribution is 0.276. The Bertz CT molecular complexity index is 524. The number of anilines is 1. The number of nitrogens with zero attached hydrogens (tertiary/aromatic N) is 3. The van der Waals surface area contributed by atoms with Crippen molar-refractivity contribution in [3.63, 3.8) is 0 Å². The van der Waals surface area contributed by atoms with Crippen molar-refractivity contribution >= 4 is 5.69 Å². The van der Waals surface area contributed by atoms with Gasteiger partial charge in [0.2, 0.25) is 0 Å². The lowest BCUT2D eigenvalue weighted by Gasteiger charge is -2.09. The maximum absolute atomic E-state index is 8.79. The zero-order valence-electron chi connectivity index (χ0n) is 11.9. The molecule has 0 aliphatic heterocycles. The molecule has 5 heteroatoms. The van der Waals surface area contributed by atoms with Crippen LogP contribution in [0.3, 0.4) is 0 Å². The molecule has 0 atom stereocenters. The van der Waals surface area contributed by atoms with Gasteiger partial charge in [0.05, 0.1) is 12.7 Å². The predicted molar refractivity (Wildman–Crippen MR) is 79.5 cm³/mol. The van der Waals surface area contributed by atoms with Crippen LogP contribution in [0.2, 0.25) is 0 Å². The Morgan fingerprint density at radius 2 is 2.15 bits per heavy atom. The molecular formula is C15H22N4O. The first kappa shape index (κ1) is 14.5. The van der Waals surface area contributed by atoms with Gasteiger partial charge in [0.15, 0.2) is 0 Å².